The summed E-state index contributed by atoms with van der Waals surface area (Å²) >= 11 is 0. The lowest BCUT2D eigenvalue weighted by Gasteiger charge is -2.18. The predicted octanol–water partition coefficient (Wildman–Crippen LogP) is 16.3. The highest BCUT2D eigenvalue weighted by molar-refractivity contribution is 5.71. The molecule has 0 bridgehead atoms. The third kappa shape index (κ3) is 45.9. The lowest BCUT2D eigenvalue weighted by atomic mass is 10.0. The summed E-state index contributed by atoms with van der Waals surface area (Å²) in [7, 11) is 0. The number of allylic oxidation sites excluding steroid dienone is 12. The van der Waals surface area contributed by atoms with E-state index < -0.39 is 6.10 Å². The molecule has 6 nitrogen and oxygen atoms in total. The van der Waals surface area contributed by atoms with E-state index in [0.717, 1.165) is 77.0 Å². The topological polar surface area (TPSA) is 78.9 Å². The average Bonchev–Trinajstić information content (AvgIpc) is 3.24. The van der Waals surface area contributed by atoms with Gasteiger partial charge in [0, 0.05) is 19.3 Å². The highest BCUT2D eigenvalue weighted by Crippen LogP contribution is 2.15. The van der Waals surface area contributed by atoms with E-state index in [0.29, 0.717) is 19.3 Å². The van der Waals surface area contributed by atoms with E-state index in [4.69, 9.17) is 14.2 Å². The summed E-state index contributed by atoms with van der Waals surface area (Å²) in [6.07, 6.45) is 60.4. The maximum Gasteiger partial charge on any atom is 0.306 e. The van der Waals surface area contributed by atoms with E-state index in [1.807, 2.05) is 6.08 Å². The molecule has 1 atom stereocenters. The van der Waals surface area contributed by atoms with Crippen LogP contribution in [-0.4, -0.2) is 37.2 Å². The van der Waals surface area contributed by atoms with E-state index in [1.54, 1.807) is 0 Å². The molecule has 0 spiro atoms. The van der Waals surface area contributed by atoms with Crippen LogP contribution in [0.5, 0.6) is 0 Å². The van der Waals surface area contributed by atoms with Crippen molar-refractivity contribution in [3.63, 3.8) is 0 Å². The number of carbonyl (C=O) groups excluding carboxylic acids is 3. The molecule has 344 valence electrons. The van der Waals surface area contributed by atoms with Crippen molar-refractivity contribution in [2.24, 2.45) is 0 Å². The smallest absolute Gasteiger partial charge is 0.306 e. The van der Waals surface area contributed by atoms with Gasteiger partial charge in [0.05, 0.1) is 0 Å². The molecular formula is C54H92O6. The number of ether oxygens (including phenoxy) is 3. The second-order valence-electron chi connectivity index (χ2n) is 16.4. The van der Waals surface area contributed by atoms with Crippen molar-refractivity contribution in [1.29, 1.82) is 0 Å². The average molecular weight is 837 g/mol. The second kappa shape index (κ2) is 48.5. The van der Waals surface area contributed by atoms with Gasteiger partial charge in [0.15, 0.2) is 6.10 Å². The molecule has 0 radical (unpaired) electrons. The Balaban J connectivity index is 4.46. The summed E-state index contributed by atoms with van der Waals surface area (Å²) in [6, 6.07) is 0. The van der Waals surface area contributed by atoms with E-state index in [-0.39, 0.29) is 37.5 Å². The van der Waals surface area contributed by atoms with Gasteiger partial charge in [-0.1, -0.05) is 229 Å². The van der Waals surface area contributed by atoms with E-state index in [9.17, 15) is 14.4 Å². The molecule has 0 aliphatic carbocycles. The van der Waals surface area contributed by atoms with Crippen LogP contribution < -0.4 is 0 Å². The van der Waals surface area contributed by atoms with E-state index in [2.05, 4.69) is 87.6 Å². The minimum absolute atomic E-state index is 0.0958. The van der Waals surface area contributed by atoms with Crippen molar-refractivity contribution < 1.29 is 28.6 Å². The lowest BCUT2D eigenvalue weighted by molar-refractivity contribution is -0.166. The van der Waals surface area contributed by atoms with Crippen LogP contribution in [0.4, 0.5) is 0 Å². The summed E-state index contributed by atoms with van der Waals surface area (Å²) in [6.45, 7) is 6.44. The Bertz CT molecular complexity index is 1140. The molecule has 1 unspecified atom stereocenters. The van der Waals surface area contributed by atoms with Gasteiger partial charge in [-0.2, -0.15) is 0 Å². The number of esters is 3. The van der Waals surface area contributed by atoms with Gasteiger partial charge in [0.1, 0.15) is 13.2 Å². The molecule has 0 N–H and O–H groups in total. The fraction of sp³-hybridized carbons (Fsp3) is 0.722. The van der Waals surface area contributed by atoms with Crippen LogP contribution >= 0.6 is 0 Å². The highest BCUT2D eigenvalue weighted by Gasteiger charge is 2.19. The molecule has 6 heteroatoms. The van der Waals surface area contributed by atoms with Crippen LogP contribution in [0.1, 0.15) is 233 Å². The first-order valence-electron chi connectivity index (χ1n) is 24.9. The summed E-state index contributed by atoms with van der Waals surface area (Å²) in [5.74, 6) is -0.983. The van der Waals surface area contributed by atoms with Gasteiger partial charge in [-0.3, -0.25) is 14.4 Å². The Morgan fingerprint density at radius 1 is 0.350 bits per heavy atom. The summed E-state index contributed by atoms with van der Waals surface area (Å²) < 4.78 is 16.7. The zero-order valence-electron chi connectivity index (χ0n) is 39.2. The predicted molar refractivity (Wildman–Crippen MR) is 256 cm³/mol. The van der Waals surface area contributed by atoms with Crippen LogP contribution in [0.2, 0.25) is 0 Å². The molecule has 0 aliphatic heterocycles. The molecule has 0 saturated heterocycles. The normalized spacial score (nSPS) is 12.7. The molecule has 60 heavy (non-hydrogen) atoms. The highest BCUT2D eigenvalue weighted by atomic mass is 16.6. The van der Waals surface area contributed by atoms with Crippen LogP contribution in [-0.2, 0) is 28.6 Å². The monoisotopic (exact) mass is 837 g/mol. The van der Waals surface area contributed by atoms with Crippen molar-refractivity contribution in [3.8, 4) is 0 Å². The van der Waals surface area contributed by atoms with Crippen molar-refractivity contribution in [2.45, 2.75) is 239 Å². The third-order valence-electron chi connectivity index (χ3n) is 10.5. The fourth-order valence-electron chi connectivity index (χ4n) is 6.76. The number of hydrogen-bond donors (Lipinski definition) is 0. The quantitative estimate of drug-likeness (QED) is 0.0263. The Morgan fingerprint density at radius 2 is 0.650 bits per heavy atom. The first kappa shape index (κ1) is 56.9. The zero-order chi connectivity index (χ0) is 43.7. The molecule has 0 rings (SSSR count). The fourth-order valence-corrected chi connectivity index (χ4v) is 6.76. The van der Waals surface area contributed by atoms with E-state index in [1.165, 1.54) is 109 Å². The molecule has 0 saturated carbocycles. The van der Waals surface area contributed by atoms with Crippen molar-refractivity contribution in [2.75, 3.05) is 13.2 Å². The zero-order valence-corrected chi connectivity index (χ0v) is 39.2. The van der Waals surface area contributed by atoms with Gasteiger partial charge in [-0.05, 0) is 57.8 Å². The van der Waals surface area contributed by atoms with Crippen molar-refractivity contribution >= 4 is 17.9 Å². The van der Waals surface area contributed by atoms with Crippen molar-refractivity contribution in [1.82, 2.24) is 0 Å². The Morgan fingerprint density at radius 3 is 1.02 bits per heavy atom. The Kier molecular flexibility index (Phi) is 46.0. The van der Waals surface area contributed by atoms with Gasteiger partial charge in [0.25, 0.3) is 0 Å². The third-order valence-corrected chi connectivity index (χ3v) is 10.5. The van der Waals surface area contributed by atoms with Gasteiger partial charge in [0.2, 0.25) is 0 Å². The molecule has 0 aliphatic rings. The summed E-state index contributed by atoms with van der Waals surface area (Å²) in [4.78, 5) is 37.8. The van der Waals surface area contributed by atoms with Gasteiger partial charge >= 0.3 is 17.9 Å². The number of rotatable bonds is 44. The summed E-state index contributed by atoms with van der Waals surface area (Å²) in [5, 5.41) is 0. The minimum Gasteiger partial charge on any atom is -0.462 e. The molecule has 0 aromatic rings. The van der Waals surface area contributed by atoms with Gasteiger partial charge < -0.3 is 14.2 Å². The van der Waals surface area contributed by atoms with Crippen LogP contribution in [0.15, 0.2) is 72.9 Å². The number of hydrogen-bond acceptors (Lipinski definition) is 6. The molecule has 0 amide bonds. The number of carbonyl (C=O) groups is 3. The SMILES string of the molecule is CC/C=C\C/C=C\C/C=C\C/C=C\C/C=C\C/C=C\CCC(=O)OCC(COC(=O)CCCCCCCCCCCCC)OC(=O)CCCCCCCCCCCCCC. The Labute approximate surface area is 370 Å². The maximum absolute atomic E-state index is 12.7. The van der Waals surface area contributed by atoms with Crippen molar-refractivity contribution in [3.05, 3.63) is 72.9 Å². The van der Waals surface area contributed by atoms with Crippen LogP contribution in [0, 0.1) is 0 Å². The second-order valence-corrected chi connectivity index (χ2v) is 16.4. The van der Waals surface area contributed by atoms with E-state index >= 15 is 0 Å². The largest absolute Gasteiger partial charge is 0.462 e. The standard InChI is InChI=1S/C54H92O6/c1-4-7-10-13-16-19-22-24-25-26-27-28-29-30-33-35-38-41-44-47-53(56)59-50-51(49-58-52(55)46-43-40-37-34-31-21-18-15-12-9-6-3)60-54(57)48-45-42-39-36-32-23-20-17-14-11-8-5-2/h7,10,16,19,24-25,27-28,30,33,38,41,51H,4-6,8-9,11-15,17-18,20-23,26,29,31-32,34-37,39-40,42-50H2,1-3H3/b10-7-,19-16-,25-24-,28-27-,33-30-,41-38-. The van der Waals surface area contributed by atoms with Crippen LogP contribution in [0.3, 0.4) is 0 Å². The van der Waals surface area contributed by atoms with Crippen LogP contribution in [0.25, 0.3) is 0 Å². The molecule has 0 heterocycles. The van der Waals surface area contributed by atoms with Gasteiger partial charge in [-0.25, -0.2) is 0 Å². The summed E-state index contributed by atoms with van der Waals surface area (Å²) in [5.41, 5.74) is 0. The number of unbranched alkanes of at least 4 members (excludes halogenated alkanes) is 21. The molecule has 0 aromatic heterocycles. The molecule has 0 fully saturated rings. The molecular weight excluding hydrogens is 745 g/mol. The Hall–Kier alpha value is -3.15. The minimum atomic E-state index is -0.800. The first-order valence-corrected chi connectivity index (χ1v) is 24.9. The maximum atomic E-state index is 12.7. The molecule has 0 aromatic carbocycles. The first-order chi connectivity index (χ1) is 29.5. The van der Waals surface area contributed by atoms with Gasteiger partial charge in [-0.15, -0.1) is 0 Å². The lowest BCUT2D eigenvalue weighted by Crippen LogP contribution is -2.30.